The molecule has 0 aliphatic rings. The zero-order chi connectivity index (χ0) is 16.9. The van der Waals surface area contributed by atoms with Gasteiger partial charge in [0.15, 0.2) is 0 Å². The van der Waals surface area contributed by atoms with E-state index in [1.807, 2.05) is 0 Å². The van der Waals surface area contributed by atoms with Gasteiger partial charge in [0.2, 0.25) is 15.7 Å². The molecule has 0 radical (unpaired) electrons. The maximum absolute atomic E-state index is 12.9. The molecule has 0 heterocycles. The maximum atomic E-state index is 12.9. The minimum Gasteiger partial charge on any atom is -0.326 e. The zero-order valence-corrected chi connectivity index (χ0v) is 12.5. The van der Waals surface area contributed by atoms with Gasteiger partial charge >= 0.3 is 0 Å². The number of azide groups is 1. The van der Waals surface area contributed by atoms with Crippen molar-refractivity contribution in [2.45, 2.75) is 9.79 Å². The Morgan fingerprint density at radius 2 is 1.61 bits per heavy atom. The smallest absolute Gasteiger partial charge is 0.230 e. The lowest BCUT2D eigenvalue weighted by molar-refractivity contribution is -0.114. The van der Waals surface area contributed by atoms with Gasteiger partial charge in [-0.15, -0.1) is 0 Å². The molecular weight excluding hydrogens is 323 g/mol. The number of benzene rings is 2. The molecule has 23 heavy (non-hydrogen) atoms. The second kappa shape index (κ2) is 6.91. The Morgan fingerprint density at radius 1 is 1.09 bits per heavy atom. The standard InChI is InChI=1S/C14H11FN4O3S/c15-10-1-5-12(6-2-10)23(21,22)13-7-3-11(4-8-13)18-14(20)9-17-19-16/h1-8H,9H2,(H,18,20). The molecule has 2 rings (SSSR count). The third-order valence-electron chi connectivity index (χ3n) is 2.85. The number of halogens is 1. The highest BCUT2D eigenvalue weighted by Crippen LogP contribution is 2.22. The molecule has 2 aromatic carbocycles. The monoisotopic (exact) mass is 334 g/mol. The highest BCUT2D eigenvalue weighted by atomic mass is 32.2. The van der Waals surface area contributed by atoms with Gasteiger partial charge in [-0.3, -0.25) is 4.79 Å². The molecule has 0 fully saturated rings. The summed E-state index contributed by atoms with van der Waals surface area (Å²) in [5, 5.41) is 5.57. The van der Waals surface area contributed by atoms with Crippen LogP contribution in [0.2, 0.25) is 0 Å². The van der Waals surface area contributed by atoms with Crippen LogP contribution >= 0.6 is 0 Å². The highest BCUT2D eigenvalue weighted by Gasteiger charge is 2.17. The SMILES string of the molecule is [N-]=[N+]=NCC(=O)Nc1ccc(S(=O)(=O)c2ccc(F)cc2)cc1. The van der Waals surface area contributed by atoms with Crippen molar-refractivity contribution < 1.29 is 17.6 Å². The lowest BCUT2D eigenvalue weighted by Gasteiger charge is -2.07. The molecule has 0 saturated carbocycles. The average Bonchev–Trinajstić information content (AvgIpc) is 2.54. The second-order valence-electron chi connectivity index (χ2n) is 4.42. The second-order valence-corrected chi connectivity index (χ2v) is 6.37. The molecule has 118 valence electrons. The predicted molar refractivity (Wildman–Crippen MR) is 80.9 cm³/mol. The van der Waals surface area contributed by atoms with E-state index in [-0.39, 0.29) is 16.3 Å². The number of nitrogens with zero attached hydrogens (tertiary/aromatic N) is 3. The quantitative estimate of drug-likeness (QED) is 0.392. The van der Waals surface area contributed by atoms with E-state index in [0.29, 0.717) is 5.69 Å². The Hall–Kier alpha value is -2.90. The minimum atomic E-state index is -3.76. The molecule has 9 heteroatoms. The summed E-state index contributed by atoms with van der Waals surface area (Å²) in [6, 6.07) is 9.95. The molecule has 7 nitrogen and oxygen atoms in total. The predicted octanol–water partition coefficient (Wildman–Crippen LogP) is 2.91. The van der Waals surface area contributed by atoms with E-state index in [1.54, 1.807) is 0 Å². The highest BCUT2D eigenvalue weighted by molar-refractivity contribution is 7.91. The molecule has 0 aromatic heterocycles. The van der Waals surface area contributed by atoms with Crippen molar-refractivity contribution in [1.82, 2.24) is 0 Å². The van der Waals surface area contributed by atoms with Crippen molar-refractivity contribution in [3.8, 4) is 0 Å². The summed E-state index contributed by atoms with van der Waals surface area (Å²) in [6.07, 6.45) is 0. The Labute approximate surface area is 131 Å². The summed E-state index contributed by atoms with van der Waals surface area (Å²) in [5.74, 6) is -1.04. The molecule has 0 aliphatic heterocycles. The number of rotatable bonds is 5. The molecule has 0 spiro atoms. The van der Waals surface area contributed by atoms with Crippen LogP contribution in [0.4, 0.5) is 10.1 Å². The molecule has 0 bridgehead atoms. The molecule has 1 amide bonds. The van der Waals surface area contributed by atoms with Gasteiger partial charge in [0.1, 0.15) is 12.4 Å². The normalized spacial score (nSPS) is 10.7. The van der Waals surface area contributed by atoms with E-state index in [0.717, 1.165) is 12.1 Å². The van der Waals surface area contributed by atoms with Crippen molar-refractivity contribution in [3.05, 3.63) is 64.8 Å². The van der Waals surface area contributed by atoms with Crippen LogP contribution in [0.3, 0.4) is 0 Å². The Morgan fingerprint density at radius 3 is 2.13 bits per heavy atom. The van der Waals surface area contributed by atoms with Gasteiger partial charge in [-0.2, -0.15) is 0 Å². The fraction of sp³-hybridized carbons (Fsp3) is 0.0714. The number of nitrogens with one attached hydrogen (secondary N) is 1. The van der Waals surface area contributed by atoms with Crippen molar-refractivity contribution in [3.63, 3.8) is 0 Å². The van der Waals surface area contributed by atoms with Gasteiger partial charge in [-0.25, -0.2) is 12.8 Å². The van der Waals surface area contributed by atoms with E-state index in [4.69, 9.17) is 5.53 Å². The first-order valence-electron chi connectivity index (χ1n) is 6.35. The number of sulfone groups is 1. The van der Waals surface area contributed by atoms with Gasteiger partial charge in [-0.05, 0) is 54.1 Å². The zero-order valence-electron chi connectivity index (χ0n) is 11.7. The topological polar surface area (TPSA) is 112 Å². The van der Waals surface area contributed by atoms with Gasteiger partial charge in [0.05, 0.1) is 9.79 Å². The van der Waals surface area contributed by atoms with Gasteiger partial charge < -0.3 is 5.32 Å². The van der Waals surface area contributed by atoms with Crippen LogP contribution in [0, 0.1) is 5.82 Å². The van der Waals surface area contributed by atoms with Crippen LogP contribution in [0.25, 0.3) is 10.4 Å². The fourth-order valence-corrected chi connectivity index (χ4v) is 3.02. The first kappa shape index (κ1) is 16.5. The maximum Gasteiger partial charge on any atom is 0.230 e. The Balaban J connectivity index is 2.20. The molecule has 0 atom stereocenters. The van der Waals surface area contributed by atoms with Crippen molar-refractivity contribution in [2.24, 2.45) is 5.11 Å². The summed E-state index contributed by atoms with van der Waals surface area (Å²) in [5.41, 5.74) is 8.48. The van der Waals surface area contributed by atoms with E-state index in [1.165, 1.54) is 36.4 Å². The number of hydrogen-bond acceptors (Lipinski definition) is 4. The van der Waals surface area contributed by atoms with Gasteiger partial charge in [0, 0.05) is 10.6 Å². The lowest BCUT2D eigenvalue weighted by atomic mass is 10.3. The molecule has 0 unspecified atom stereocenters. The largest absolute Gasteiger partial charge is 0.326 e. The number of anilines is 1. The van der Waals surface area contributed by atoms with Gasteiger partial charge in [-0.1, -0.05) is 5.11 Å². The molecule has 1 N–H and O–H groups in total. The summed E-state index contributed by atoms with van der Waals surface area (Å²) < 4.78 is 37.6. The van der Waals surface area contributed by atoms with Crippen LogP contribution in [0.5, 0.6) is 0 Å². The third kappa shape index (κ3) is 4.06. The van der Waals surface area contributed by atoms with Crippen LogP contribution in [-0.4, -0.2) is 20.9 Å². The van der Waals surface area contributed by atoms with E-state index in [9.17, 15) is 17.6 Å². The minimum absolute atomic E-state index is 0.0113. The van der Waals surface area contributed by atoms with E-state index < -0.39 is 21.6 Å². The van der Waals surface area contributed by atoms with Crippen LogP contribution in [0.15, 0.2) is 63.4 Å². The molecule has 0 saturated heterocycles. The number of carbonyl (C=O) groups is 1. The van der Waals surface area contributed by atoms with E-state index >= 15 is 0 Å². The van der Waals surface area contributed by atoms with Crippen LogP contribution in [-0.2, 0) is 14.6 Å². The fourth-order valence-electron chi connectivity index (χ4n) is 1.76. The molecular formula is C14H11FN4O3S. The first-order chi connectivity index (χ1) is 10.9. The van der Waals surface area contributed by atoms with Crippen LogP contribution in [0.1, 0.15) is 0 Å². The first-order valence-corrected chi connectivity index (χ1v) is 7.83. The third-order valence-corrected chi connectivity index (χ3v) is 4.64. The lowest BCUT2D eigenvalue weighted by Crippen LogP contribution is -2.14. The van der Waals surface area contributed by atoms with Crippen LogP contribution < -0.4 is 5.32 Å². The summed E-state index contributed by atoms with van der Waals surface area (Å²) >= 11 is 0. The van der Waals surface area contributed by atoms with Crippen molar-refractivity contribution in [1.29, 1.82) is 0 Å². The number of amides is 1. The molecule has 2 aromatic rings. The van der Waals surface area contributed by atoms with Crippen molar-refractivity contribution in [2.75, 3.05) is 11.9 Å². The number of carbonyl (C=O) groups excluding carboxylic acids is 1. The Kier molecular flexibility index (Phi) is 4.95. The summed E-state index contributed by atoms with van der Waals surface area (Å²) in [7, 11) is -3.76. The summed E-state index contributed by atoms with van der Waals surface area (Å²) in [4.78, 5) is 13.8. The summed E-state index contributed by atoms with van der Waals surface area (Å²) in [6.45, 7) is -0.355. The number of hydrogen-bond donors (Lipinski definition) is 1. The van der Waals surface area contributed by atoms with E-state index in [2.05, 4.69) is 15.3 Å². The van der Waals surface area contributed by atoms with Gasteiger partial charge in [0.25, 0.3) is 0 Å². The molecule has 0 aliphatic carbocycles. The van der Waals surface area contributed by atoms with Crippen molar-refractivity contribution >= 4 is 21.4 Å². The Bertz CT molecular complexity index is 858. The average molecular weight is 334 g/mol.